The van der Waals surface area contributed by atoms with E-state index in [2.05, 4.69) is 36.0 Å². The van der Waals surface area contributed by atoms with E-state index in [0.717, 1.165) is 5.56 Å². The average Bonchev–Trinajstić information content (AvgIpc) is 3.42. The van der Waals surface area contributed by atoms with E-state index in [0.29, 0.717) is 28.1 Å². The minimum atomic E-state index is -0.547. The van der Waals surface area contributed by atoms with Gasteiger partial charge in [0.1, 0.15) is 22.5 Å². The number of anilines is 2. The molecule has 0 saturated heterocycles. The van der Waals surface area contributed by atoms with Crippen molar-refractivity contribution in [2.75, 3.05) is 10.6 Å². The monoisotopic (exact) mass is 383 g/mol. The second-order valence-electron chi connectivity index (χ2n) is 6.43. The summed E-state index contributed by atoms with van der Waals surface area (Å²) in [4.78, 5) is 16.7. The normalized spacial score (nSPS) is 15.5. The molecule has 140 valence electrons. The van der Waals surface area contributed by atoms with Crippen molar-refractivity contribution >= 4 is 28.4 Å². The minimum Gasteiger partial charge on any atom is -0.345 e. The van der Waals surface area contributed by atoms with Crippen LogP contribution in [0.5, 0.6) is 0 Å². The number of para-hydroxylation sites is 1. The van der Waals surface area contributed by atoms with Crippen LogP contribution < -0.4 is 10.6 Å². The number of rotatable bonds is 3. The molecule has 1 aliphatic heterocycles. The number of carbonyl (C=O) groups excluding carboxylic acids is 1. The molecule has 0 aliphatic carbocycles. The number of nitrogens with one attached hydrogen (secondary N) is 3. The minimum absolute atomic E-state index is 0.152. The van der Waals surface area contributed by atoms with E-state index >= 15 is 0 Å². The second-order valence-corrected chi connectivity index (χ2v) is 6.43. The van der Waals surface area contributed by atoms with Gasteiger partial charge in [0.15, 0.2) is 0 Å². The molecule has 2 aromatic carbocycles. The van der Waals surface area contributed by atoms with Gasteiger partial charge in [0.2, 0.25) is 5.70 Å². The molecule has 0 bridgehead atoms. The fourth-order valence-electron chi connectivity index (χ4n) is 3.48. The average molecular weight is 383 g/mol. The molecule has 9 heteroatoms. The summed E-state index contributed by atoms with van der Waals surface area (Å²) in [7, 11) is 0. The van der Waals surface area contributed by atoms with Crippen molar-refractivity contribution < 1.29 is 9.42 Å². The molecule has 1 amide bonds. The zero-order valence-corrected chi connectivity index (χ0v) is 14.9. The molecule has 29 heavy (non-hydrogen) atoms. The summed E-state index contributed by atoms with van der Waals surface area (Å²) < 4.78 is 4.88. The van der Waals surface area contributed by atoms with Crippen molar-refractivity contribution in [3.05, 3.63) is 88.7 Å². The highest BCUT2D eigenvalue weighted by molar-refractivity contribution is 6.07. The Kier molecular flexibility index (Phi) is 3.81. The predicted molar refractivity (Wildman–Crippen MR) is 105 cm³/mol. The molecule has 1 aliphatic rings. The number of hydrogen-bond donors (Lipinski definition) is 3. The number of hydrogen-bond acceptors (Lipinski definition) is 6. The van der Waals surface area contributed by atoms with Crippen LogP contribution in [0.3, 0.4) is 0 Å². The maximum atomic E-state index is 13.0. The maximum Gasteiger partial charge on any atom is 0.260 e. The summed E-state index contributed by atoms with van der Waals surface area (Å²) in [5, 5.41) is 20.7. The van der Waals surface area contributed by atoms with Crippen molar-refractivity contribution in [1.82, 2.24) is 20.5 Å². The van der Waals surface area contributed by atoms with Crippen molar-refractivity contribution in [3.63, 3.8) is 0 Å². The fraction of sp³-hybridized carbons (Fsp3) is 0.0500. The lowest BCUT2D eigenvalue weighted by molar-refractivity contribution is -0.112. The zero-order chi connectivity index (χ0) is 19.8. The van der Waals surface area contributed by atoms with E-state index < -0.39 is 11.8 Å². The van der Waals surface area contributed by atoms with Crippen LogP contribution in [-0.4, -0.2) is 26.4 Å². The summed E-state index contributed by atoms with van der Waals surface area (Å²) in [6, 6.07) is 14.5. The topological polar surface area (TPSA) is 113 Å². The van der Waals surface area contributed by atoms with Gasteiger partial charge in [0, 0.05) is 11.3 Å². The molecule has 0 fully saturated rings. The summed E-state index contributed by atoms with van der Waals surface area (Å²) in [5.41, 5.74) is 3.58. The lowest BCUT2D eigenvalue weighted by Crippen LogP contribution is -2.26. The van der Waals surface area contributed by atoms with Gasteiger partial charge >= 0.3 is 0 Å². The molecule has 4 aromatic rings. The van der Waals surface area contributed by atoms with Gasteiger partial charge in [0.05, 0.1) is 18.7 Å². The maximum absolute atomic E-state index is 13.0. The van der Waals surface area contributed by atoms with E-state index in [4.69, 9.17) is 11.2 Å². The van der Waals surface area contributed by atoms with Gasteiger partial charge in [-0.25, -0.2) is 9.47 Å². The number of nitrogens with zero attached hydrogens (tertiary/aromatic N) is 4. The number of aromatic amines is 1. The molecule has 3 heterocycles. The first-order valence-corrected chi connectivity index (χ1v) is 8.75. The summed E-state index contributed by atoms with van der Waals surface area (Å²) in [6.07, 6.45) is 1.64. The first kappa shape index (κ1) is 16.7. The zero-order valence-electron chi connectivity index (χ0n) is 14.9. The molecule has 2 aromatic heterocycles. The largest absolute Gasteiger partial charge is 0.345 e. The van der Waals surface area contributed by atoms with Crippen LogP contribution in [0.25, 0.3) is 15.9 Å². The van der Waals surface area contributed by atoms with E-state index in [-0.39, 0.29) is 11.4 Å². The Labute approximate surface area is 164 Å². The lowest BCUT2D eigenvalue weighted by Gasteiger charge is -2.25. The Morgan fingerprint density at radius 2 is 1.97 bits per heavy atom. The first-order chi connectivity index (χ1) is 14.3. The third-order valence-corrected chi connectivity index (χ3v) is 4.77. The van der Waals surface area contributed by atoms with Crippen LogP contribution in [0.4, 0.5) is 11.5 Å². The van der Waals surface area contributed by atoms with Crippen molar-refractivity contribution in [3.8, 4) is 0 Å². The molecular weight excluding hydrogens is 370 g/mol. The van der Waals surface area contributed by atoms with Gasteiger partial charge < -0.3 is 10.6 Å². The molecule has 0 spiro atoms. The van der Waals surface area contributed by atoms with Crippen LogP contribution in [0.2, 0.25) is 0 Å². The quantitative estimate of drug-likeness (QED) is 0.468. The van der Waals surface area contributed by atoms with Crippen LogP contribution in [0.1, 0.15) is 17.0 Å². The van der Waals surface area contributed by atoms with Crippen LogP contribution in [-0.2, 0) is 4.79 Å². The molecule has 0 saturated carbocycles. The van der Waals surface area contributed by atoms with Gasteiger partial charge in [0.25, 0.3) is 5.91 Å². The van der Waals surface area contributed by atoms with E-state index in [9.17, 15) is 4.79 Å². The molecule has 0 radical (unpaired) electrons. The summed E-state index contributed by atoms with van der Waals surface area (Å²) >= 11 is 0. The van der Waals surface area contributed by atoms with Crippen molar-refractivity contribution in [1.29, 1.82) is 0 Å². The van der Waals surface area contributed by atoms with Crippen molar-refractivity contribution in [2.45, 2.75) is 5.92 Å². The van der Waals surface area contributed by atoms with Crippen LogP contribution >= 0.6 is 0 Å². The lowest BCUT2D eigenvalue weighted by atomic mass is 9.86. The van der Waals surface area contributed by atoms with Gasteiger partial charge in [-0.3, -0.25) is 9.89 Å². The highest BCUT2D eigenvalue weighted by Crippen LogP contribution is 2.43. The van der Waals surface area contributed by atoms with Crippen LogP contribution in [0.15, 0.2) is 70.8 Å². The van der Waals surface area contributed by atoms with E-state index in [1.54, 1.807) is 24.4 Å². The van der Waals surface area contributed by atoms with E-state index in [1.165, 1.54) is 0 Å². The number of benzene rings is 2. The smallest absolute Gasteiger partial charge is 0.260 e. The Bertz CT molecular complexity index is 1300. The number of amides is 1. The third kappa shape index (κ3) is 2.71. The standard InChI is InChI=1S/C20H13N7O2/c1-21-17-15(12-8-5-9-14-16(12)27-29-26-14)13-10-22-25-19(13)24-18(17)20(28)23-11-6-3-2-4-7-11/h2-10,15H,(H,23,28)(H2,22,24,25). The Morgan fingerprint density at radius 1 is 1.10 bits per heavy atom. The highest BCUT2D eigenvalue weighted by Gasteiger charge is 2.35. The molecule has 1 atom stereocenters. The molecular formula is C20H13N7O2. The third-order valence-electron chi connectivity index (χ3n) is 4.77. The van der Waals surface area contributed by atoms with Crippen LogP contribution in [0, 0.1) is 6.57 Å². The fourth-order valence-corrected chi connectivity index (χ4v) is 3.48. The van der Waals surface area contributed by atoms with Gasteiger partial charge in [-0.05, 0) is 34.1 Å². The summed E-state index contributed by atoms with van der Waals surface area (Å²) in [5.74, 6) is -0.415. The second kappa shape index (κ2) is 6.61. The molecule has 3 N–H and O–H groups in total. The van der Waals surface area contributed by atoms with Gasteiger partial charge in [-0.15, -0.1) is 0 Å². The van der Waals surface area contributed by atoms with E-state index in [1.807, 2.05) is 30.3 Å². The summed E-state index contributed by atoms with van der Waals surface area (Å²) in [6.45, 7) is 7.80. The number of allylic oxidation sites excluding steroid dienone is 1. The molecule has 1 unspecified atom stereocenters. The van der Waals surface area contributed by atoms with Gasteiger partial charge in [-0.1, -0.05) is 30.3 Å². The number of fused-ring (bicyclic) bond motifs is 2. The van der Waals surface area contributed by atoms with Crippen molar-refractivity contribution in [2.24, 2.45) is 0 Å². The number of H-pyrrole nitrogens is 1. The predicted octanol–water partition coefficient (Wildman–Crippen LogP) is 3.27. The first-order valence-electron chi connectivity index (χ1n) is 8.75. The number of carbonyl (C=O) groups is 1. The molecule has 5 rings (SSSR count). The Balaban J connectivity index is 1.66. The SMILES string of the molecule is [C-]#[N+]C1=C(C(=O)Nc2ccccc2)Nc2[nH]ncc2C1c1cccc2nonc12. The van der Waals surface area contributed by atoms with Gasteiger partial charge in [-0.2, -0.15) is 5.10 Å². The highest BCUT2D eigenvalue weighted by atomic mass is 16.6. The Hall–Kier alpha value is -4.45. The molecule has 9 nitrogen and oxygen atoms in total. The Morgan fingerprint density at radius 3 is 2.79 bits per heavy atom. The number of aromatic nitrogens is 4.